The van der Waals surface area contributed by atoms with Crippen molar-refractivity contribution in [3.63, 3.8) is 0 Å². The SMILES string of the molecule is COCCN1C[C@H](NC(=O)Nc2c3c(nn2-c2ccccc2)CCC3)[C@@H](c2cccc(F)c2)C1. The molecule has 2 aliphatic rings. The Bertz CT molecular complexity index is 1150. The number of aromatic nitrogens is 2. The Hall–Kier alpha value is -3.23. The Balaban J connectivity index is 1.36. The summed E-state index contributed by atoms with van der Waals surface area (Å²) in [5, 5.41) is 11.0. The van der Waals surface area contributed by atoms with Gasteiger partial charge in [-0.1, -0.05) is 30.3 Å². The van der Waals surface area contributed by atoms with Crippen LogP contribution in [0.4, 0.5) is 15.0 Å². The van der Waals surface area contributed by atoms with E-state index in [1.165, 1.54) is 6.07 Å². The number of halogens is 1. The summed E-state index contributed by atoms with van der Waals surface area (Å²) in [6, 6.07) is 16.1. The standard InChI is InChI=1S/C26H30FN5O2/c1-34-14-13-31-16-22(18-7-5-8-19(27)15-18)24(17-31)28-26(33)29-25-21-11-6-12-23(21)30-32(25)20-9-3-2-4-10-20/h2-5,7-10,15,22,24H,6,11-14,16-17H2,1H3,(H2,28,29,33)/t22-,24+/m1/s1. The van der Waals surface area contributed by atoms with E-state index >= 15 is 0 Å². The first kappa shape index (κ1) is 22.6. The van der Waals surface area contributed by atoms with Gasteiger partial charge in [0.15, 0.2) is 0 Å². The average molecular weight is 464 g/mol. The third kappa shape index (κ3) is 4.69. The minimum Gasteiger partial charge on any atom is -0.383 e. The molecule has 178 valence electrons. The molecule has 2 heterocycles. The van der Waals surface area contributed by atoms with Crippen molar-refractivity contribution in [3.05, 3.63) is 77.2 Å². The quantitative estimate of drug-likeness (QED) is 0.560. The Morgan fingerprint density at radius 3 is 2.79 bits per heavy atom. The molecule has 1 saturated heterocycles. The molecule has 5 rings (SSSR count). The molecule has 2 N–H and O–H groups in total. The largest absolute Gasteiger partial charge is 0.383 e. The van der Waals surface area contributed by atoms with E-state index in [0.29, 0.717) is 13.2 Å². The number of amides is 2. The van der Waals surface area contributed by atoms with E-state index in [-0.39, 0.29) is 23.8 Å². The first-order chi connectivity index (χ1) is 16.6. The number of methoxy groups -OCH3 is 1. The normalized spacial score (nSPS) is 19.8. The topological polar surface area (TPSA) is 71.4 Å². The predicted molar refractivity (Wildman–Crippen MR) is 129 cm³/mol. The van der Waals surface area contributed by atoms with Crippen molar-refractivity contribution >= 4 is 11.8 Å². The van der Waals surface area contributed by atoms with E-state index in [9.17, 15) is 9.18 Å². The molecule has 8 heteroatoms. The summed E-state index contributed by atoms with van der Waals surface area (Å²) in [5.74, 6) is 0.453. The number of nitrogens with one attached hydrogen (secondary N) is 2. The lowest BCUT2D eigenvalue weighted by atomic mass is 9.94. The van der Waals surface area contributed by atoms with Crippen LogP contribution in [0.5, 0.6) is 0 Å². The van der Waals surface area contributed by atoms with Gasteiger partial charge < -0.3 is 10.1 Å². The minimum atomic E-state index is -0.272. The number of rotatable bonds is 7. The average Bonchev–Trinajstić information content (AvgIpc) is 3.54. The van der Waals surface area contributed by atoms with Crippen molar-refractivity contribution < 1.29 is 13.9 Å². The summed E-state index contributed by atoms with van der Waals surface area (Å²) < 4.78 is 21.0. The monoisotopic (exact) mass is 463 g/mol. The Morgan fingerprint density at radius 1 is 1.15 bits per heavy atom. The highest BCUT2D eigenvalue weighted by atomic mass is 19.1. The molecule has 1 fully saturated rings. The zero-order chi connectivity index (χ0) is 23.5. The van der Waals surface area contributed by atoms with Crippen molar-refractivity contribution in [1.82, 2.24) is 20.0 Å². The van der Waals surface area contributed by atoms with Crippen LogP contribution < -0.4 is 10.6 Å². The van der Waals surface area contributed by atoms with Gasteiger partial charge in [-0.3, -0.25) is 10.2 Å². The molecule has 2 atom stereocenters. The van der Waals surface area contributed by atoms with Gasteiger partial charge in [0.05, 0.1) is 24.0 Å². The van der Waals surface area contributed by atoms with Crippen LogP contribution in [0.15, 0.2) is 54.6 Å². The van der Waals surface area contributed by atoms with E-state index in [4.69, 9.17) is 9.84 Å². The summed E-state index contributed by atoms with van der Waals surface area (Å²) >= 11 is 0. The molecule has 0 saturated carbocycles. The van der Waals surface area contributed by atoms with Crippen LogP contribution in [-0.4, -0.2) is 60.1 Å². The first-order valence-electron chi connectivity index (χ1n) is 11.8. The van der Waals surface area contributed by atoms with Crippen molar-refractivity contribution in [3.8, 4) is 5.69 Å². The number of para-hydroxylation sites is 1. The molecule has 3 aromatic rings. The molecule has 7 nitrogen and oxygen atoms in total. The number of hydrogen-bond acceptors (Lipinski definition) is 4. The fraction of sp³-hybridized carbons (Fsp3) is 0.385. The molecule has 0 bridgehead atoms. The van der Waals surface area contributed by atoms with E-state index in [0.717, 1.165) is 60.7 Å². The predicted octanol–water partition coefficient (Wildman–Crippen LogP) is 3.74. The summed E-state index contributed by atoms with van der Waals surface area (Å²) in [4.78, 5) is 15.5. The Morgan fingerprint density at radius 2 is 2.00 bits per heavy atom. The van der Waals surface area contributed by atoms with Crippen LogP contribution in [0.3, 0.4) is 0 Å². The lowest BCUT2D eigenvalue weighted by molar-refractivity contribution is 0.159. The molecular weight excluding hydrogens is 433 g/mol. The molecule has 1 aliphatic carbocycles. The third-order valence-electron chi connectivity index (χ3n) is 6.74. The number of carbonyl (C=O) groups is 1. The number of fused-ring (bicyclic) bond motifs is 1. The number of nitrogens with zero attached hydrogens (tertiary/aromatic N) is 3. The molecule has 0 unspecified atom stereocenters. The lowest BCUT2D eigenvalue weighted by Crippen LogP contribution is -2.42. The molecule has 1 aromatic heterocycles. The van der Waals surface area contributed by atoms with Gasteiger partial charge in [0.25, 0.3) is 0 Å². The highest BCUT2D eigenvalue weighted by molar-refractivity contribution is 5.90. The van der Waals surface area contributed by atoms with Crippen molar-refractivity contribution in [1.29, 1.82) is 0 Å². The maximum atomic E-state index is 14.0. The van der Waals surface area contributed by atoms with Crippen LogP contribution in [0.2, 0.25) is 0 Å². The first-order valence-corrected chi connectivity index (χ1v) is 11.8. The molecule has 0 radical (unpaired) electrons. The van der Waals surface area contributed by atoms with Gasteiger partial charge in [0.1, 0.15) is 11.6 Å². The fourth-order valence-corrected chi connectivity index (χ4v) is 5.10. The molecule has 2 aromatic carbocycles. The second-order valence-corrected chi connectivity index (χ2v) is 8.99. The van der Waals surface area contributed by atoms with Crippen LogP contribution in [0.25, 0.3) is 5.69 Å². The maximum absolute atomic E-state index is 14.0. The number of hydrogen-bond donors (Lipinski definition) is 2. The molecule has 1 aliphatic heterocycles. The summed E-state index contributed by atoms with van der Waals surface area (Å²) in [7, 11) is 1.68. The van der Waals surface area contributed by atoms with Gasteiger partial charge in [0, 0.05) is 38.2 Å². The highest BCUT2D eigenvalue weighted by Gasteiger charge is 2.35. The number of carbonyl (C=O) groups excluding carboxylic acids is 1. The van der Waals surface area contributed by atoms with Gasteiger partial charge in [0.2, 0.25) is 0 Å². The van der Waals surface area contributed by atoms with Gasteiger partial charge in [-0.15, -0.1) is 0 Å². The van der Waals surface area contributed by atoms with E-state index < -0.39 is 0 Å². The molecule has 0 spiro atoms. The maximum Gasteiger partial charge on any atom is 0.320 e. The summed E-state index contributed by atoms with van der Waals surface area (Å²) in [6.45, 7) is 2.77. The third-order valence-corrected chi connectivity index (χ3v) is 6.74. The van der Waals surface area contributed by atoms with E-state index in [1.807, 2.05) is 41.1 Å². The highest BCUT2D eigenvalue weighted by Crippen LogP contribution is 2.32. The number of anilines is 1. The van der Waals surface area contributed by atoms with Gasteiger partial charge in [-0.05, 0) is 49.1 Å². The van der Waals surface area contributed by atoms with Crippen LogP contribution >= 0.6 is 0 Å². The van der Waals surface area contributed by atoms with Gasteiger partial charge in [-0.2, -0.15) is 5.10 Å². The second kappa shape index (κ2) is 9.95. The smallest absolute Gasteiger partial charge is 0.320 e. The Kier molecular flexibility index (Phi) is 6.60. The number of ether oxygens (including phenoxy) is 1. The second-order valence-electron chi connectivity index (χ2n) is 8.99. The van der Waals surface area contributed by atoms with Crippen molar-refractivity contribution in [2.24, 2.45) is 0 Å². The number of urea groups is 1. The number of aryl methyl sites for hydroxylation is 1. The van der Waals surface area contributed by atoms with Gasteiger partial charge >= 0.3 is 6.03 Å². The summed E-state index contributed by atoms with van der Waals surface area (Å²) in [6.07, 6.45) is 2.87. The summed E-state index contributed by atoms with van der Waals surface area (Å²) in [5.41, 5.74) is 3.95. The fourth-order valence-electron chi connectivity index (χ4n) is 5.10. The van der Waals surface area contributed by atoms with Crippen molar-refractivity contribution in [2.45, 2.75) is 31.2 Å². The van der Waals surface area contributed by atoms with E-state index in [2.05, 4.69) is 15.5 Å². The Labute approximate surface area is 198 Å². The van der Waals surface area contributed by atoms with Crippen molar-refractivity contribution in [2.75, 3.05) is 38.7 Å². The number of likely N-dealkylation sites (tertiary alicyclic amines) is 1. The zero-order valence-electron chi connectivity index (χ0n) is 19.3. The lowest BCUT2D eigenvalue weighted by Gasteiger charge is -2.21. The minimum absolute atomic E-state index is 0.0111. The molecule has 34 heavy (non-hydrogen) atoms. The van der Waals surface area contributed by atoms with Crippen LogP contribution in [0, 0.1) is 5.82 Å². The zero-order valence-corrected chi connectivity index (χ0v) is 19.3. The number of benzene rings is 2. The molecule has 2 amide bonds. The van der Waals surface area contributed by atoms with Crippen LogP contribution in [0.1, 0.15) is 29.2 Å². The molecular formula is C26H30FN5O2. The van der Waals surface area contributed by atoms with Gasteiger partial charge in [-0.25, -0.2) is 13.9 Å². The van der Waals surface area contributed by atoms with Crippen LogP contribution in [-0.2, 0) is 17.6 Å². The van der Waals surface area contributed by atoms with E-state index in [1.54, 1.807) is 19.2 Å².